The SMILES string of the molecule is CC(C)CNS(=O)(=O)/C=C/c1ccc(Cl)cc1. The van der Waals surface area contributed by atoms with Crippen molar-refractivity contribution in [1.29, 1.82) is 0 Å². The van der Waals surface area contributed by atoms with Crippen LogP contribution in [-0.2, 0) is 10.0 Å². The molecule has 0 aliphatic rings. The predicted molar refractivity (Wildman–Crippen MR) is 72.2 cm³/mol. The highest BCUT2D eigenvalue weighted by Gasteiger charge is 2.05. The van der Waals surface area contributed by atoms with Crippen molar-refractivity contribution in [3.05, 3.63) is 40.3 Å². The summed E-state index contributed by atoms with van der Waals surface area (Å²) >= 11 is 5.73. The van der Waals surface area contributed by atoms with Gasteiger partial charge in [0.05, 0.1) is 0 Å². The van der Waals surface area contributed by atoms with Gasteiger partial charge in [0.1, 0.15) is 0 Å². The van der Waals surface area contributed by atoms with Gasteiger partial charge in [0.15, 0.2) is 0 Å². The number of benzene rings is 1. The molecule has 0 radical (unpaired) electrons. The molecule has 1 N–H and O–H groups in total. The smallest absolute Gasteiger partial charge is 0.211 e. The molecule has 17 heavy (non-hydrogen) atoms. The zero-order valence-corrected chi connectivity index (χ0v) is 11.4. The molecule has 0 unspecified atom stereocenters. The summed E-state index contributed by atoms with van der Waals surface area (Å²) in [4.78, 5) is 0. The first-order valence-electron chi connectivity index (χ1n) is 5.32. The molecule has 0 aliphatic heterocycles. The Morgan fingerprint density at radius 3 is 2.41 bits per heavy atom. The van der Waals surface area contributed by atoms with Gasteiger partial charge in [0.2, 0.25) is 10.0 Å². The number of hydrogen-bond donors (Lipinski definition) is 1. The normalized spacial score (nSPS) is 12.5. The van der Waals surface area contributed by atoms with Crippen LogP contribution < -0.4 is 4.72 Å². The van der Waals surface area contributed by atoms with E-state index in [1.54, 1.807) is 30.3 Å². The average Bonchev–Trinajstić information content (AvgIpc) is 2.26. The van der Waals surface area contributed by atoms with E-state index in [4.69, 9.17) is 11.6 Å². The lowest BCUT2D eigenvalue weighted by Gasteiger charge is -2.04. The minimum Gasteiger partial charge on any atom is -0.211 e. The second kappa shape index (κ2) is 6.19. The van der Waals surface area contributed by atoms with E-state index in [9.17, 15) is 8.42 Å². The van der Waals surface area contributed by atoms with Crippen LogP contribution in [0, 0.1) is 5.92 Å². The summed E-state index contributed by atoms with van der Waals surface area (Å²) in [6.07, 6.45) is 1.54. The largest absolute Gasteiger partial charge is 0.233 e. The van der Waals surface area contributed by atoms with Gasteiger partial charge in [-0.25, -0.2) is 13.1 Å². The van der Waals surface area contributed by atoms with Crippen molar-refractivity contribution in [2.45, 2.75) is 13.8 Å². The van der Waals surface area contributed by atoms with Crippen LogP contribution in [0.1, 0.15) is 19.4 Å². The molecule has 1 aromatic rings. The van der Waals surface area contributed by atoms with Crippen molar-refractivity contribution < 1.29 is 8.42 Å². The highest BCUT2D eigenvalue weighted by atomic mass is 35.5. The fourth-order valence-electron chi connectivity index (χ4n) is 1.07. The summed E-state index contributed by atoms with van der Waals surface area (Å²) in [7, 11) is -3.35. The van der Waals surface area contributed by atoms with Gasteiger partial charge < -0.3 is 0 Å². The van der Waals surface area contributed by atoms with Crippen molar-refractivity contribution in [2.75, 3.05) is 6.54 Å². The Kier molecular flexibility index (Phi) is 5.18. The Labute approximate surface area is 108 Å². The fourth-order valence-corrected chi connectivity index (χ4v) is 2.20. The van der Waals surface area contributed by atoms with Crippen LogP contribution in [-0.4, -0.2) is 15.0 Å². The van der Waals surface area contributed by atoms with Crippen LogP contribution in [0.3, 0.4) is 0 Å². The van der Waals surface area contributed by atoms with Gasteiger partial charge >= 0.3 is 0 Å². The molecule has 0 spiro atoms. The van der Waals surface area contributed by atoms with Crippen LogP contribution >= 0.6 is 11.6 Å². The quantitative estimate of drug-likeness (QED) is 0.897. The molecule has 0 saturated carbocycles. The first-order valence-corrected chi connectivity index (χ1v) is 7.25. The van der Waals surface area contributed by atoms with Crippen LogP contribution in [0.5, 0.6) is 0 Å². The van der Waals surface area contributed by atoms with Crippen molar-refractivity contribution in [3.8, 4) is 0 Å². The van der Waals surface area contributed by atoms with Crippen molar-refractivity contribution >= 4 is 27.7 Å². The van der Waals surface area contributed by atoms with Crippen molar-refractivity contribution in [3.63, 3.8) is 0 Å². The highest BCUT2D eigenvalue weighted by molar-refractivity contribution is 7.92. The Balaban J connectivity index is 2.67. The third-order valence-electron chi connectivity index (χ3n) is 2.00. The van der Waals surface area contributed by atoms with Crippen LogP contribution in [0.4, 0.5) is 0 Å². The predicted octanol–water partition coefficient (Wildman–Crippen LogP) is 2.89. The molecule has 0 amide bonds. The first-order chi connectivity index (χ1) is 7.89. The van der Waals surface area contributed by atoms with E-state index in [0.29, 0.717) is 11.6 Å². The lowest BCUT2D eigenvalue weighted by atomic mass is 10.2. The van der Waals surface area contributed by atoms with Crippen LogP contribution in [0.2, 0.25) is 5.02 Å². The van der Waals surface area contributed by atoms with E-state index in [-0.39, 0.29) is 5.92 Å². The maximum Gasteiger partial charge on any atom is 0.233 e. The Hall–Kier alpha value is -0.840. The van der Waals surface area contributed by atoms with Gasteiger partial charge in [-0.15, -0.1) is 0 Å². The van der Waals surface area contributed by atoms with Gasteiger partial charge in [-0.3, -0.25) is 0 Å². The number of sulfonamides is 1. The monoisotopic (exact) mass is 273 g/mol. The van der Waals surface area contributed by atoms with Crippen LogP contribution in [0.15, 0.2) is 29.7 Å². The van der Waals surface area contributed by atoms with E-state index in [2.05, 4.69) is 4.72 Å². The second-order valence-electron chi connectivity index (χ2n) is 4.14. The highest BCUT2D eigenvalue weighted by Crippen LogP contribution is 2.11. The first kappa shape index (κ1) is 14.2. The van der Waals surface area contributed by atoms with Gasteiger partial charge in [-0.2, -0.15) is 0 Å². The van der Waals surface area contributed by atoms with Gasteiger partial charge in [0, 0.05) is 17.0 Å². The Morgan fingerprint density at radius 1 is 1.29 bits per heavy atom. The average molecular weight is 274 g/mol. The van der Waals surface area contributed by atoms with E-state index in [1.807, 2.05) is 13.8 Å². The molecule has 0 aliphatic carbocycles. The number of hydrogen-bond acceptors (Lipinski definition) is 2. The molecule has 1 aromatic carbocycles. The summed E-state index contributed by atoms with van der Waals surface area (Å²) in [6, 6.07) is 6.96. The van der Waals surface area contributed by atoms with Crippen molar-refractivity contribution in [1.82, 2.24) is 4.72 Å². The van der Waals surface area contributed by atoms with E-state index >= 15 is 0 Å². The molecule has 0 atom stereocenters. The van der Waals surface area contributed by atoms with Gasteiger partial charge in [-0.05, 0) is 29.7 Å². The van der Waals surface area contributed by atoms with E-state index < -0.39 is 10.0 Å². The Morgan fingerprint density at radius 2 is 1.88 bits per heavy atom. The summed E-state index contributed by atoms with van der Waals surface area (Å²) < 4.78 is 25.6. The third kappa shape index (κ3) is 5.86. The molecule has 5 heteroatoms. The molecule has 1 rings (SSSR count). The molecule has 0 saturated heterocycles. The summed E-state index contributed by atoms with van der Waals surface area (Å²) in [6.45, 7) is 4.34. The third-order valence-corrected chi connectivity index (χ3v) is 3.32. The molecule has 0 bridgehead atoms. The molecule has 0 aromatic heterocycles. The minimum absolute atomic E-state index is 0.286. The zero-order chi connectivity index (χ0) is 12.9. The van der Waals surface area contributed by atoms with Crippen LogP contribution in [0.25, 0.3) is 6.08 Å². The van der Waals surface area contributed by atoms with Gasteiger partial charge in [-0.1, -0.05) is 37.6 Å². The van der Waals surface area contributed by atoms with E-state index in [1.165, 1.54) is 5.41 Å². The standard InChI is InChI=1S/C12H16ClNO2S/c1-10(2)9-14-17(15,16)8-7-11-3-5-12(13)6-4-11/h3-8,10,14H,9H2,1-2H3/b8-7+. The van der Waals surface area contributed by atoms with Crippen molar-refractivity contribution in [2.24, 2.45) is 5.92 Å². The molecular weight excluding hydrogens is 258 g/mol. The minimum atomic E-state index is -3.35. The van der Waals surface area contributed by atoms with Gasteiger partial charge in [0.25, 0.3) is 0 Å². The Bertz CT molecular complexity index is 478. The summed E-state index contributed by atoms with van der Waals surface area (Å²) in [5.74, 6) is 0.286. The maximum absolute atomic E-state index is 11.6. The molecule has 0 fully saturated rings. The molecule has 0 heterocycles. The topological polar surface area (TPSA) is 46.2 Å². The summed E-state index contributed by atoms with van der Waals surface area (Å²) in [5, 5.41) is 1.79. The second-order valence-corrected chi connectivity index (χ2v) is 6.23. The van der Waals surface area contributed by atoms with E-state index in [0.717, 1.165) is 5.56 Å². The number of rotatable bonds is 5. The number of nitrogens with one attached hydrogen (secondary N) is 1. The summed E-state index contributed by atoms with van der Waals surface area (Å²) in [5.41, 5.74) is 0.796. The maximum atomic E-state index is 11.6. The molecule has 94 valence electrons. The molecular formula is C12H16ClNO2S. The fraction of sp³-hybridized carbons (Fsp3) is 0.333. The lowest BCUT2D eigenvalue weighted by molar-refractivity contribution is 0.568. The molecule has 3 nitrogen and oxygen atoms in total. The number of halogens is 1. The lowest BCUT2D eigenvalue weighted by Crippen LogP contribution is -2.25. The zero-order valence-electron chi connectivity index (χ0n) is 9.85.